The predicted molar refractivity (Wildman–Crippen MR) is 60.5 cm³/mol. The van der Waals surface area contributed by atoms with Gasteiger partial charge in [0.1, 0.15) is 0 Å². The lowest BCUT2D eigenvalue weighted by Gasteiger charge is -2.25. The summed E-state index contributed by atoms with van der Waals surface area (Å²) in [6.45, 7) is 6.05. The molecule has 0 bridgehead atoms. The second-order valence-corrected chi connectivity index (χ2v) is 4.82. The van der Waals surface area contributed by atoms with Crippen LogP contribution in [0.25, 0.3) is 0 Å². The molecule has 1 aromatic carbocycles. The van der Waals surface area contributed by atoms with Crippen LogP contribution in [0.2, 0.25) is 5.02 Å². The van der Waals surface area contributed by atoms with Crippen molar-refractivity contribution in [2.24, 2.45) is 5.92 Å². The molecule has 1 aromatic rings. The van der Waals surface area contributed by atoms with Gasteiger partial charge in [0.05, 0.1) is 5.60 Å². The number of hydrogen-bond donors (Lipinski definition) is 1. The maximum atomic E-state index is 10.2. The van der Waals surface area contributed by atoms with E-state index in [2.05, 4.69) is 13.8 Å². The zero-order valence-electron chi connectivity index (χ0n) is 8.92. The minimum absolute atomic E-state index is 0.473. The Morgan fingerprint density at radius 2 is 1.79 bits per heavy atom. The molecule has 1 nitrogen and oxygen atoms in total. The first kappa shape index (κ1) is 11.5. The van der Waals surface area contributed by atoms with E-state index < -0.39 is 5.60 Å². The second kappa shape index (κ2) is 4.33. The van der Waals surface area contributed by atoms with Gasteiger partial charge in [-0.15, -0.1) is 0 Å². The fraction of sp³-hybridized carbons (Fsp3) is 0.500. The van der Waals surface area contributed by atoms with E-state index in [1.807, 2.05) is 31.2 Å². The molecule has 1 N–H and O–H groups in total. The number of benzene rings is 1. The minimum Gasteiger partial charge on any atom is -0.385 e. The Balaban J connectivity index is 2.86. The molecule has 1 unspecified atom stereocenters. The monoisotopic (exact) mass is 212 g/mol. The third-order valence-electron chi connectivity index (χ3n) is 2.27. The van der Waals surface area contributed by atoms with E-state index in [0.717, 1.165) is 12.0 Å². The van der Waals surface area contributed by atoms with Gasteiger partial charge in [0.15, 0.2) is 0 Å². The third kappa shape index (κ3) is 3.00. The van der Waals surface area contributed by atoms with E-state index in [4.69, 9.17) is 11.6 Å². The van der Waals surface area contributed by atoms with Crippen LogP contribution in [-0.2, 0) is 5.60 Å². The lowest BCUT2D eigenvalue weighted by Crippen LogP contribution is -2.23. The lowest BCUT2D eigenvalue weighted by atomic mass is 9.87. The van der Waals surface area contributed by atoms with Gasteiger partial charge in [0.25, 0.3) is 0 Å². The van der Waals surface area contributed by atoms with E-state index in [9.17, 15) is 5.11 Å². The van der Waals surface area contributed by atoms with Crippen molar-refractivity contribution < 1.29 is 5.11 Å². The van der Waals surface area contributed by atoms with Crippen molar-refractivity contribution in [1.82, 2.24) is 0 Å². The highest BCUT2D eigenvalue weighted by molar-refractivity contribution is 6.30. The van der Waals surface area contributed by atoms with E-state index in [-0.39, 0.29) is 0 Å². The number of rotatable bonds is 3. The molecule has 0 aromatic heterocycles. The zero-order valence-corrected chi connectivity index (χ0v) is 9.67. The average Bonchev–Trinajstić information content (AvgIpc) is 2.02. The topological polar surface area (TPSA) is 20.2 Å². The zero-order chi connectivity index (χ0) is 10.8. The van der Waals surface area contributed by atoms with Gasteiger partial charge < -0.3 is 5.11 Å². The van der Waals surface area contributed by atoms with Crippen LogP contribution in [0.5, 0.6) is 0 Å². The molecule has 0 aliphatic heterocycles. The molecule has 0 spiro atoms. The van der Waals surface area contributed by atoms with Crippen molar-refractivity contribution in [1.29, 1.82) is 0 Å². The first-order valence-electron chi connectivity index (χ1n) is 4.90. The fourth-order valence-electron chi connectivity index (χ4n) is 1.72. The van der Waals surface area contributed by atoms with Crippen LogP contribution in [0.4, 0.5) is 0 Å². The first-order valence-corrected chi connectivity index (χ1v) is 5.28. The summed E-state index contributed by atoms with van der Waals surface area (Å²) in [6.07, 6.45) is 0.759. The summed E-state index contributed by atoms with van der Waals surface area (Å²) in [5.41, 5.74) is 0.175. The predicted octanol–water partition coefficient (Wildman–Crippen LogP) is 3.59. The summed E-state index contributed by atoms with van der Waals surface area (Å²) >= 11 is 5.79. The van der Waals surface area contributed by atoms with E-state index >= 15 is 0 Å². The molecule has 0 saturated carbocycles. The van der Waals surface area contributed by atoms with Crippen molar-refractivity contribution in [3.05, 3.63) is 34.9 Å². The highest BCUT2D eigenvalue weighted by atomic mass is 35.5. The Hall–Kier alpha value is -0.530. The van der Waals surface area contributed by atoms with Crippen LogP contribution in [0.1, 0.15) is 32.8 Å². The Kier molecular flexibility index (Phi) is 3.57. The normalized spacial score (nSPS) is 15.6. The van der Waals surface area contributed by atoms with Crippen LogP contribution < -0.4 is 0 Å². The second-order valence-electron chi connectivity index (χ2n) is 4.38. The molecular weight excluding hydrogens is 196 g/mol. The van der Waals surface area contributed by atoms with Gasteiger partial charge in [-0.2, -0.15) is 0 Å². The Morgan fingerprint density at radius 1 is 1.29 bits per heavy atom. The highest BCUT2D eigenvalue weighted by Crippen LogP contribution is 2.28. The van der Waals surface area contributed by atoms with Gasteiger partial charge in [0.2, 0.25) is 0 Å². The lowest BCUT2D eigenvalue weighted by molar-refractivity contribution is 0.0349. The van der Waals surface area contributed by atoms with Crippen molar-refractivity contribution in [3.8, 4) is 0 Å². The van der Waals surface area contributed by atoms with Crippen molar-refractivity contribution in [3.63, 3.8) is 0 Å². The summed E-state index contributed by atoms with van der Waals surface area (Å²) in [7, 11) is 0. The van der Waals surface area contributed by atoms with Crippen LogP contribution >= 0.6 is 11.6 Å². The van der Waals surface area contributed by atoms with Crippen molar-refractivity contribution >= 4 is 11.6 Å². The van der Waals surface area contributed by atoms with Gasteiger partial charge in [0, 0.05) is 5.02 Å². The van der Waals surface area contributed by atoms with Crippen molar-refractivity contribution in [2.75, 3.05) is 0 Å². The quantitative estimate of drug-likeness (QED) is 0.812. The SMILES string of the molecule is CC(C)CC(C)(O)c1ccc(Cl)cc1. The molecule has 0 amide bonds. The largest absolute Gasteiger partial charge is 0.385 e. The van der Waals surface area contributed by atoms with Gasteiger partial charge in [-0.1, -0.05) is 37.6 Å². The van der Waals surface area contributed by atoms with Gasteiger partial charge in [-0.3, -0.25) is 0 Å². The standard InChI is InChI=1S/C12H17ClO/c1-9(2)8-12(3,14)10-4-6-11(13)7-5-10/h4-7,9,14H,8H2,1-3H3. The fourth-order valence-corrected chi connectivity index (χ4v) is 1.85. The Labute approximate surface area is 90.7 Å². The van der Waals surface area contributed by atoms with E-state index in [1.54, 1.807) is 0 Å². The van der Waals surface area contributed by atoms with Crippen LogP contribution in [0.15, 0.2) is 24.3 Å². The van der Waals surface area contributed by atoms with Gasteiger partial charge >= 0.3 is 0 Å². The van der Waals surface area contributed by atoms with Crippen LogP contribution in [-0.4, -0.2) is 5.11 Å². The first-order chi connectivity index (χ1) is 6.42. The smallest absolute Gasteiger partial charge is 0.0871 e. The molecule has 0 radical (unpaired) electrons. The molecule has 0 saturated heterocycles. The Bertz CT molecular complexity index is 288. The molecule has 0 heterocycles. The van der Waals surface area contributed by atoms with Crippen molar-refractivity contribution in [2.45, 2.75) is 32.8 Å². The summed E-state index contributed by atoms with van der Waals surface area (Å²) in [5, 5.41) is 10.9. The minimum atomic E-state index is -0.751. The van der Waals surface area contributed by atoms with Gasteiger partial charge in [-0.25, -0.2) is 0 Å². The molecule has 2 heteroatoms. The maximum Gasteiger partial charge on any atom is 0.0871 e. The highest BCUT2D eigenvalue weighted by Gasteiger charge is 2.23. The third-order valence-corrected chi connectivity index (χ3v) is 2.52. The molecule has 0 fully saturated rings. The van der Waals surface area contributed by atoms with E-state index in [0.29, 0.717) is 10.9 Å². The molecule has 0 aliphatic rings. The number of hydrogen-bond acceptors (Lipinski definition) is 1. The molecule has 1 atom stereocenters. The van der Waals surface area contributed by atoms with Gasteiger partial charge in [-0.05, 0) is 37.0 Å². The average molecular weight is 213 g/mol. The Morgan fingerprint density at radius 3 is 2.21 bits per heavy atom. The summed E-state index contributed by atoms with van der Waals surface area (Å²) in [6, 6.07) is 7.38. The van der Waals surface area contributed by atoms with Crippen LogP contribution in [0, 0.1) is 5.92 Å². The molecule has 14 heavy (non-hydrogen) atoms. The van der Waals surface area contributed by atoms with E-state index in [1.165, 1.54) is 0 Å². The summed E-state index contributed by atoms with van der Waals surface area (Å²) in [4.78, 5) is 0. The maximum absolute atomic E-state index is 10.2. The summed E-state index contributed by atoms with van der Waals surface area (Å²) in [5.74, 6) is 0.473. The number of aliphatic hydroxyl groups is 1. The summed E-state index contributed by atoms with van der Waals surface area (Å²) < 4.78 is 0. The molecule has 0 aliphatic carbocycles. The molecule has 78 valence electrons. The number of halogens is 1. The molecular formula is C12H17ClO. The molecule has 1 rings (SSSR count). The van der Waals surface area contributed by atoms with Crippen LogP contribution in [0.3, 0.4) is 0 Å².